The first kappa shape index (κ1) is 17.5. The van der Waals surface area contributed by atoms with Crippen molar-refractivity contribution in [3.05, 3.63) is 69.4 Å². The maximum absolute atomic E-state index is 12.6. The zero-order valence-corrected chi connectivity index (χ0v) is 15.3. The Kier molecular flexibility index (Phi) is 4.56. The third kappa shape index (κ3) is 3.39. The van der Waals surface area contributed by atoms with Crippen molar-refractivity contribution < 1.29 is 14.3 Å². The summed E-state index contributed by atoms with van der Waals surface area (Å²) in [5.41, 5.74) is 3.16. The molecule has 1 saturated carbocycles. The molecule has 1 heterocycles. The molecule has 0 radical (unpaired) electrons. The molecule has 1 N–H and O–H groups in total. The van der Waals surface area contributed by atoms with Gasteiger partial charge in [0.15, 0.2) is 5.43 Å². The molecule has 3 aromatic rings. The van der Waals surface area contributed by atoms with Gasteiger partial charge in [-0.15, -0.1) is 0 Å². The fourth-order valence-electron chi connectivity index (χ4n) is 4.05. The summed E-state index contributed by atoms with van der Waals surface area (Å²) >= 11 is 0. The molecule has 0 unspecified atom stereocenters. The molecule has 0 atom stereocenters. The minimum atomic E-state index is -1.05. The average Bonchev–Trinajstić information content (AvgIpc) is 2.69. The van der Waals surface area contributed by atoms with E-state index in [4.69, 9.17) is 4.42 Å². The molecular weight excluding hydrogens is 340 g/mol. The van der Waals surface area contributed by atoms with Gasteiger partial charge >= 0.3 is 5.97 Å². The predicted molar refractivity (Wildman–Crippen MR) is 105 cm³/mol. The quantitative estimate of drug-likeness (QED) is 0.667. The van der Waals surface area contributed by atoms with E-state index in [1.54, 1.807) is 6.92 Å². The maximum atomic E-state index is 12.6. The number of hydrogen-bond donors (Lipinski definition) is 1. The number of carboxylic acid groups (broad SMARTS) is 1. The van der Waals surface area contributed by atoms with Crippen LogP contribution in [0.5, 0.6) is 0 Å². The molecular formula is C23H22O4. The van der Waals surface area contributed by atoms with Crippen LogP contribution < -0.4 is 5.43 Å². The smallest absolute Gasteiger partial charge is 0.335 e. The lowest BCUT2D eigenvalue weighted by Gasteiger charge is -2.22. The SMILES string of the molecule is Cc1cc(C(=O)O)cc2c(=O)cc(-c3ccc(C4CCCCC4)cc3)oc12. The zero-order chi connectivity index (χ0) is 19.0. The Labute approximate surface area is 157 Å². The average molecular weight is 362 g/mol. The number of rotatable bonds is 3. The van der Waals surface area contributed by atoms with Gasteiger partial charge in [0.25, 0.3) is 0 Å². The molecule has 27 heavy (non-hydrogen) atoms. The van der Waals surface area contributed by atoms with Crippen LogP contribution in [-0.2, 0) is 0 Å². The van der Waals surface area contributed by atoms with Crippen LogP contribution in [0.25, 0.3) is 22.3 Å². The number of fused-ring (bicyclic) bond motifs is 1. The van der Waals surface area contributed by atoms with Crippen molar-refractivity contribution in [2.45, 2.75) is 44.9 Å². The highest BCUT2D eigenvalue weighted by molar-refractivity contribution is 5.94. The van der Waals surface area contributed by atoms with Crippen molar-refractivity contribution in [3.63, 3.8) is 0 Å². The second kappa shape index (κ2) is 7.03. The first-order valence-corrected chi connectivity index (χ1v) is 9.45. The molecule has 0 saturated heterocycles. The normalized spacial score (nSPS) is 15.1. The molecule has 4 nitrogen and oxygen atoms in total. The van der Waals surface area contributed by atoms with Crippen LogP contribution in [0.4, 0.5) is 0 Å². The second-order valence-electron chi connectivity index (χ2n) is 7.41. The lowest BCUT2D eigenvalue weighted by Crippen LogP contribution is -2.05. The molecule has 1 aliphatic rings. The first-order valence-electron chi connectivity index (χ1n) is 9.45. The summed E-state index contributed by atoms with van der Waals surface area (Å²) in [6.45, 7) is 1.76. The highest BCUT2D eigenvalue weighted by Gasteiger charge is 2.16. The van der Waals surface area contributed by atoms with E-state index in [0.29, 0.717) is 28.2 Å². The Hall–Kier alpha value is -2.88. The minimum absolute atomic E-state index is 0.0943. The topological polar surface area (TPSA) is 67.5 Å². The van der Waals surface area contributed by atoms with Crippen LogP contribution in [0.3, 0.4) is 0 Å². The van der Waals surface area contributed by atoms with E-state index in [9.17, 15) is 14.7 Å². The van der Waals surface area contributed by atoms with Gasteiger partial charge in [-0.1, -0.05) is 43.5 Å². The van der Waals surface area contributed by atoms with Gasteiger partial charge in [0.05, 0.1) is 10.9 Å². The van der Waals surface area contributed by atoms with Crippen LogP contribution in [-0.4, -0.2) is 11.1 Å². The zero-order valence-electron chi connectivity index (χ0n) is 15.3. The number of carbonyl (C=O) groups is 1. The van der Waals surface area contributed by atoms with Gasteiger partial charge in [0, 0.05) is 11.6 Å². The van der Waals surface area contributed by atoms with E-state index in [-0.39, 0.29) is 11.0 Å². The van der Waals surface area contributed by atoms with E-state index < -0.39 is 5.97 Å². The highest BCUT2D eigenvalue weighted by Crippen LogP contribution is 2.34. The van der Waals surface area contributed by atoms with Gasteiger partial charge in [-0.05, 0) is 48.9 Å². The summed E-state index contributed by atoms with van der Waals surface area (Å²) in [5, 5.41) is 9.49. The van der Waals surface area contributed by atoms with Gasteiger partial charge in [0.2, 0.25) is 0 Å². The van der Waals surface area contributed by atoms with Crippen LogP contribution >= 0.6 is 0 Å². The maximum Gasteiger partial charge on any atom is 0.335 e. The largest absolute Gasteiger partial charge is 0.478 e. The Morgan fingerprint density at radius 1 is 1.04 bits per heavy atom. The van der Waals surface area contributed by atoms with Crippen molar-refractivity contribution in [2.24, 2.45) is 0 Å². The molecule has 138 valence electrons. The monoisotopic (exact) mass is 362 g/mol. The minimum Gasteiger partial charge on any atom is -0.478 e. The van der Waals surface area contributed by atoms with Crippen molar-refractivity contribution in [1.29, 1.82) is 0 Å². The molecule has 0 amide bonds. The van der Waals surface area contributed by atoms with Gasteiger partial charge in [-0.3, -0.25) is 4.79 Å². The molecule has 1 aliphatic carbocycles. The van der Waals surface area contributed by atoms with Gasteiger partial charge < -0.3 is 9.52 Å². The van der Waals surface area contributed by atoms with Crippen LogP contribution in [0, 0.1) is 6.92 Å². The summed E-state index contributed by atoms with van der Waals surface area (Å²) < 4.78 is 5.99. The van der Waals surface area contributed by atoms with Crippen LogP contribution in [0.15, 0.2) is 51.7 Å². The number of aryl methyl sites for hydroxylation is 1. The van der Waals surface area contributed by atoms with E-state index in [1.165, 1.54) is 55.9 Å². The molecule has 4 heteroatoms. The third-order valence-electron chi connectivity index (χ3n) is 5.53. The number of hydrogen-bond acceptors (Lipinski definition) is 3. The summed E-state index contributed by atoms with van der Waals surface area (Å²) in [5.74, 6) is 0.0868. The first-order chi connectivity index (χ1) is 13.0. The van der Waals surface area contributed by atoms with E-state index >= 15 is 0 Å². The Balaban J connectivity index is 1.73. The Bertz CT molecular complexity index is 1050. The molecule has 2 aromatic carbocycles. The lowest BCUT2D eigenvalue weighted by atomic mass is 9.84. The number of aromatic carboxylic acids is 1. The number of carboxylic acids is 1. The van der Waals surface area contributed by atoms with Crippen molar-refractivity contribution in [1.82, 2.24) is 0 Å². The van der Waals surface area contributed by atoms with E-state index in [0.717, 1.165) is 5.56 Å². The molecule has 0 spiro atoms. The lowest BCUT2D eigenvalue weighted by molar-refractivity contribution is 0.0697. The molecule has 4 rings (SSSR count). The Morgan fingerprint density at radius 3 is 2.41 bits per heavy atom. The third-order valence-corrected chi connectivity index (χ3v) is 5.53. The molecule has 1 fully saturated rings. The fourth-order valence-corrected chi connectivity index (χ4v) is 4.05. The summed E-state index contributed by atoms with van der Waals surface area (Å²) in [6, 6.07) is 12.6. The van der Waals surface area contributed by atoms with Crippen molar-refractivity contribution in [3.8, 4) is 11.3 Å². The standard InChI is InChI=1S/C23H22O4/c1-14-11-18(23(25)26)12-19-20(24)13-21(27-22(14)19)17-9-7-16(8-10-17)15-5-3-2-4-6-15/h7-13,15H,2-6H2,1H3,(H,25,26). The van der Waals surface area contributed by atoms with Gasteiger partial charge in [-0.25, -0.2) is 4.79 Å². The summed E-state index contributed by atoms with van der Waals surface area (Å²) in [4.78, 5) is 23.8. The van der Waals surface area contributed by atoms with Crippen molar-refractivity contribution in [2.75, 3.05) is 0 Å². The molecule has 1 aromatic heterocycles. The Morgan fingerprint density at radius 2 is 1.74 bits per heavy atom. The van der Waals surface area contributed by atoms with Crippen LogP contribution in [0.2, 0.25) is 0 Å². The molecule has 0 aliphatic heterocycles. The highest BCUT2D eigenvalue weighted by atomic mass is 16.4. The molecule has 0 bridgehead atoms. The summed E-state index contributed by atoms with van der Waals surface area (Å²) in [7, 11) is 0. The van der Waals surface area contributed by atoms with Crippen LogP contribution in [0.1, 0.15) is 59.5 Å². The summed E-state index contributed by atoms with van der Waals surface area (Å²) in [6.07, 6.45) is 6.41. The second-order valence-corrected chi connectivity index (χ2v) is 7.41. The van der Waals surface area contributed by atoms with E-state index in [1.807, 2.05) is 12.1 Å². The number of benzene rings is 2. The fraction of sp³-hybridized carbons (Fsp3) is 0.304. The van der Waals surface area contributed by atoms with Gasteiger partial charge in [-0.2, -0.15) is 0 Å². The van der Waals surface area contributed by atoms with Crippen molar-refractivity contribution >= 4 is 16.9 Å². The van der Waals surface area contributed by atoms with Gasteiger partial charge in [0.1, 0.15) is 11.3 Å². The van der Waals surface area contributed by atoms with E-state index in [2.05, 4.69) is 12.1 Å². The predicted octanol–water partition coefficient (Wildman–Crippen LogP) is 5.51.